The Hall–Kier alpha value is -1.10. The molecule has 10 heavy (non-hydrogen) atoms. The number of carboxylic acid groups (broad SMARTS) is 1. The van der Waals surface area contributed by atoms with Gasteiger partial charge >= 0.3 is 5.97 Å². The van der Waals surface area contributed by atoms with Gasteiger partial charge in [0.15, 0.2) is 4.88 Å². The third kappa shape index (κ3) is 1.08. The topological polar surface area (TPSA) is 59.4 Å². The summed E-state index contributed by atoms with van der Waals surface area (Å²) in [6.45, 7) is 0. The molecule has 0 amide bonds. The molecule has 0 spiro atoms. The largest absolute Gasteiger partial charge is 0.480 e. The highest BCUT2D eigenvalue weighted by atomic mass is 32.1. The molecule has 0 atom stereocenters. The molecule has 0 unspecified atom stereocenters. The van der Waals surface area contributed by atoms with Gasteiger partial charge in [0.1, 0.15) is 0 Å². The van der Waals surface area contributed by atoms with Gasteiger partial charge in [-0.25, -0.2) is 9.78 Å². The summed E-state index contributed by atoms with van der Waals surface area (Å²) in [7, 11) is 1.39. The second-order valence-electron chi connectivity index (χ2n) is 1.50. The normalized spacial score (nSPS) is 9.30. The summed E-state index contributed by atoms with van der Waals surface area (Å²) >= 11 is 1.05. The van der Waals surface area contributed by atoms with Crippen molar-refractivity contribution in [3.05, 3.63) is 10.4 Å². The van der Waals surface area contributed by atoms with Gasteiger partial charge in [-0.15, -0.1) is 11.3 Å². The highest BCUT2D eigenvalue weighted by Gasteiger charge is 2.12. The van der Waals surface area contributed by atoms with Crippen molar-refractivity contribution < 1.29 is 14.6 Å². The first-order valence-electron chi connectivity index (χ1n) is 2.46. The van der Waals surface area contributed by atoms with E-state index in [-0.39, 0.29) is 10.8 Å². The van der Waals surface area contributed by atoms with Crippen molar-refractivity contribution in [2.75, 3.05) is 7.11 Å². The van der Waals surface area contributed by atoms with Gasteiger partial charge < -0.3 is 9.84 Å². The maximum Gasteiger partial charge on any atom is 0.351 e. The molecule has 0 aliphatic heterocycles. The Morgan fingerprint density at radius 1 is 1.90 bits per heavy atom. The lowest BCUT2D eigenvalue weighted by atomic mass is 10.5. The Morgan fingerprint density at radius 2 is 2.60 bits per heavy atom. The van der Waals surface area contributed by atoms with E-state index >= 15 is 0 Å². The Kier molecular flexibility index (Phi) is 1.86. The van der Waals surface area contributed by atoms with Crippen LogP contribution in [0.2, 0.25) is 0 Å². The lowest BCUT2D eigenvalue weighted by Gasteiger charge is -1.92. The van der Waals surface area contributed by atoms with Gasteiger partial charge in [0.05, 0.1) is 12.6 Å². The number of nitrogens with zero attached hydrogens (tertiary/aromatic N) is 1. The van der Waals surface area contributed by atoms with E-state index in [9.17, 15) is 4.79 Å². The highest BCUT2D eigenvalue weighted by Crippen LogP contribution is 2.19. The van der Waals surface area contributed by atoms with E-state index in [1.54, 1.807) is 0 Å². The maximum atomic E-state index is 10.3. The van der Waals surface area contributed by atoms with Crippen molar-refractivity contribution in [3.63, 3.8) is 0 Å². The smallest absolute Gasteiger partial charge is 0.351 e. The second-order valence-corrected chi connectivity index (χ2v) is 2.35. The van der Waals surface area contributed by atoms with E-state index in [0.717, 1.165) is 11.3 Å². The van der Waals surface area contributed by atoms with E-state index in [1.165, 1.54) is 12.6 Å². The number of ether oxygens (including phenoxy) is 1. The summed E-state index contributed by atoms with van der Waals surface area (Å²) in [5.41, 5.74) is 1.43. The van der Waals surface area contributed by atoms with Crippen LogP contribution in [0.4, 0.5) is 0 Å². The predicted octanol–water partition coefficient (Wildman–Crippen LogP) is 0.850. The molecule has 0 bridgehead atoms. The monoisotopic (exact) mass is 159 g/mol. The van der Waals surface area contributed by atoms with Crippen LogP contribution in [0, 0.1) is 0 Å². The molecule has 0 aliphatic rings. The van der Waals surface area contributed by atoms with Gasteiger partial charge in [-0.1, -0.05) is 0 Å². The van der Waals surface area contributed by atoms with Crippen molar-refractivity contribution in [3.8, 4) is 5.88 Å². The zero-order chi connectivity index (χ0) is 7.56. The van der Waals surface area contributed by atoms with Crippen LogP contribution in [0.1, 0.15) is 9.67 Å². The number of hydrogen-bond acceptors (Lipinski definition) is 4. The summed E-state index contributed by atoms with van der Waals surface area (Å²) in [6.07, 6.45) is 0. The predicted molar refractivity (Wildman–Crippen MR) is 35.6 cm³/mol. The van der Waals surface area contributed by atoms with Gasteiger partial charge in [0, 0.05) is 0 Å². The summed E-state index contributed by atoms with van der Waals surface area (Å²) in [5, 5.41) is 8.48. The molecule has 0 aliphatic carbocycles. The Balaban J connectivity index is 3.01. The average Bonchev–Trinajstić information content (AvgIpc) is 2.33. The van der Waals surface area contributed by atoms with Gasteiger partial charge in [-0.3, -0.25) is 0 Å². The van der Waals surface area contributed by atoms with Crippen LogP contribution >= 0.6 is 11.3 Å². The van der Waals surface area contributed by atoms with Gasteiger partial charge in [0.25, 0.3) is 0 Å². The molecule has 0 saturated heterocycles. The number of carboxylic acids is 1. The molecule has 5 heteroatoms. The number of methoxy groups -OCH3 is 1. The third-order valence-corrected chi connectivity index (χ3v) is 1.72. The fourth-order valence-electron chi connectivity index (χ4n) is 0.523. The molecule has 0 radical (unpaired) electrons. The van der Waals surface area contributed by atoms with E-state index in [0.29, 0.717) is 0 Å². The number of carbonyl (C=O) groups is 1. The standard InChI is InChI=1S/C5H5NO3S/c1-9-4-3(5(7)8)10-2-6-4/h2H,1H3,(H,7,8). The van der Waals surface area contributed by atoms with Crippen molar-refractivity contribution in [2.45, 2.75) is 0 Å². The number of rotatable bonds is 2. The van der Waals surface area contributed by atoms with Crippen molar-refractivity contribution in [2.24, 2.45) is 0 Å². The molecular weight excluding hydrogens is 154 g/mol. The molecule has 1 rings (SSSR count). The summed E-state index contributed by atoms with van der Waals surface area (Å²) < 4.78 is 4.67. The Morgan fingerprint density at radius 3 is 3.00 bits per heavy atom. The zero-order valence-corrected chi connectivity index (χ0v) is 6.01. The Bertz CT molecular complexity index is 245. The number of thiazole rings is 1. The fourth-order valence-corrected chi connectivity index (χ4v) is 1.11. The van der Waals surface area contributed by atoms with Gasteiger partial charge in [0.2, 0.25) is 5.88 Å². The first-order valence-corrected chi connectivity index (χ1v) is 3.34. The van der Waals surface area contributed by atoms with Gasteiger partial charge in [-0.2, -0.15) is 0 Å². The van der Waals surface area contributed by atoms with Crippen LogP contribution < -0.4 is 4.74 Å². The van der Waals surface area contributed by atoms with E-state index in [4.69, 9.17) is 5.11 Å². The molecule has 1 aromatic rings. The number of hydrogen-bond donors (Lipinski definition) is 1. The quantitative estimate of drug-likeness (QED) is 0.694. The van der Waals surface area contributed by atoms with Crippen molar-refractivity contribution in [1.82, 2.24) is 4.98 Å². The third-order valence-electron chi connectivity index (χ3n) is 0.922. The lowest BCUT2D eigenvalue weighted by molar-refractivity contribution is 0.0698. The summed E-state index contributed by atoms with van der Waals surface area (Å²) in [4.78, 5) is 14.1. The minimum Gasteiger partial charge on any atom is -0.480 e. The van der Waals surface area contributed by atoms with E-state index in [2.05, 4.69) is 9.72 Å². The molecule has 54 valence electrons. The average molecular weight is 159 g/mol. The van der Waals surface area contributed by atoms with Crippen LogP contribution in [0.5, 0.6) is 5.88 Å². The van der Waals surface area contributed by atoms with Crippen LogP contribution in [-0.2, 0) is 0 Å². The molecular formula is C5H5NO3S. The molecule has 1 heterocycles. The zero-order valence-electron chi connectivity index (χ0n) is 5.20. The number of aromatic carboxylic acids is 1. The molecule has 1 N–H and O–H groups in total. The van der Waals surface area contributed by atoms with E-state index < -0.39 is 5.97 Å². The second kappa shape index (κ2) is 2.66. The van der Waals surface area contributed by atoms with Crippen molar-refractivity contribution in [1.29, 1.82) is 0 Å². The molecule has 0 aromatic carbocycles. The Labute approximate surface area is 61.1 Å². The van der Waals surface area contributed by atoms with Crippen LogP contribution in [-0.4, -0.2) is 23.2 Å². The first-order chi connectivity index (χ1) is 4.75. The SMILES string of the molecule is COc1ncsc1C(=O)O. The summed E-state index contributed by atoms with van der Waals surface area (Å²) in [5.74, 6) is -0.822. The number of aromatic nitrogens is 1. The lowest BCUT2D eigenvalue weighted by Crippen LogP contribution is -1.95. The fraction of sp³-hybridized carbons (Fsp3) is 0.200. The van der Waals surface area contributed by atoms with E-state index in [1.807, 2.05) is 0 Å². The van der Waals surface area contributed by atoms with Crippen LogP contribution in [0.15, 0.2) is 5.51 Å². The highest BCUT2D eigenvalue weighted by molar-refractivity contribution is 7.12. The van der Waals surface area contributed by atoms with Crippen LogP contribution in [0.3, 0.4) is 0 Å². The van der Waals surface area contributed by atoms with Gasteiger partial charge in [-0.05, 0) is 0 Å². The summed E-state index contributed by atoms with van der Waals surface area (Å²) in [6, 6.07) is 0. The maximum absolute atomic E-state index is 10.3. The molecule has 0 saturated carbocycles. The molecule has 4 nitrogen and oxygen atoms in total. The minimum absolute atomic E-state index is 0.141. The van der Waals surface area contributed by atoms with Crippen molar-refractivity contribution >= 4 is 17.3 Å². The molecule has 1 aromatic heterocycles. The minimum atomic E-state index is -1.00. The first kappa shape index (κ1) is 7.01. The van der Waals surface area contributed by atoms with Crippen LogP contribution in [0.25, 0.3) is 0 Å². The molecule has 0 fully saturated rings.